The maximum absolute atomic E-state index is 12.7. The average molecular weight is 381 g/mol. The highest BCUT2D eigenvalue weighted by atomic mass is 16.7. The molecule has 144 valence electrons. The van der Waals surface area contributed by atoms with Crippen LogP contribution in [0.5, 0.6) is 11.5 Å². The average Bonchev–Trinajstić information content (AvgIpc) is 3.26. The molecule has 9 nitrogen and oxygen atoms in total. The Hall–Kier alpha value is -3.62. The minimum Gasteiger partial charge on any atom is -0.454 e. The van der Waals surface area contributed by atoms with Crippen LogP contribution < -0.4 is 20.5 Å². The van der Waals surface area contributed by atoms with Gasteiger partial charge in [0.1, 0.15) is 12.4 Å². The number of aryl methyl sites for hydroxylation is 1. The van der Waals surface area contributed by atoms with Crippen molar-refractivity contribution in [3.05, 3.63) is 64.6 Å². The molecule has 1 aliphatic rings. The van der Waals surface area contributed by atoms with Gasteiger partial charge in [-0.25, -0.2) is 14.0 Å². The normalized spacial score (nSPS) is 12.2. The summed E-state index contributed by atoms with van der Waals surface area (Å²) in [6.07, 6.45) is 4.12. The second-order valence-electron chi connectivity index (χ2n) is 6.32. The largest absolute Gasteiger partial charge is 0.454 e. The van der Waals surface area contributed by atoms with Gasteiger partial charge in [0, 0.05) is 25.0 Å². The predicted molar refractivity (Wildman–Crippen MR) is 99.6 cm³/mol. The van der Waals surface area contributed by atoms with Crippen molar-refractivity contribution >= 4 is 5.91 Å². The smallest absolute Gasteiger partial charge is 0.351 e. The third-order valence-electron chi connectivity index (χ3n) is 4.37. The van der Waals surface area contributed by atoms with Crippen molar-refractivity contribution in [3.8, 4) is 17.2 Å². The van der Waals surface area contributed by atoms with Crippen LogP contribution in [0, 0.1) is 6.92 Å². The molecule has 0 radical (unpaired) electrons. The molecule has 0 saturated heterocycles. The molecular formula is C19H19N5O4. The van der Waals surface area contributed by atoms with Gasteiger partial charge >= 0.3 is 5.69 Å². The first-order valence-corrected chi connectivity index (χ1v) is 8.84. The molecule has 0 spiro atoms. The van der Waals surface area contributed by atoms with Gasteiger partial charge in [0.15, 0.2) is 11.5 Å². The fraction of sp³-hybridized carbons (Fsp3) is 0.263. The van der Waals surface area contributed by atoms with E-state index in [1.165, 1.54) is 4.57 Å². The first kappa shape index (κ1) is 17.8. The number of nitrogens with one attached hydrogen (secondary N) is 1. The summed E-state index contributed by atoms with van der Waals surface area (Å²) >= 11 is 0. The molecule has 0 unspecified atom stereocenters. The summed E-state index contributed by atoms with van der Waals surface area (Å²) in [7, 11) is 0. The van der Waals surface area contributed by atoms with Crippen LogP contribution in [-0.2, 0) is 17.8 Å². The third-order valence-corrected chi connectivity index (χ3v) is 4.37. The number of hydrogen-bond acceptors (Lipinski definition) is 6. The van der Waals surface area contributed by atoms with Gasteiger partial charge in [-0.15, -0.1) is 0 Å². The van der Waals surface area contributed by atoms with Gasteiger partial charge in [-0.1, -0.05) is 6.07 Å². The summed E-state index contributed by atoms with van der Waals surface area (Å²) in [5.74, 6) is 1.41. The van der Waals surface area contributed by atoms with E-state index < -0.39 is 5.69 Å². The highest BCUT2D eigenvalue weighted by Gasteiger charge is 2.18. The Morgan fingerprint density at radius 3 is 2.93 bits per heavy atom. The predicted octanol–water partition coefficient (Wildman–Crippen LogP) is 0.825. The van der Waals surface area contributed by atoms with Crippen molar-refractivity contribution < 1.29 is 14.3 Å². The van der Waals surface area contributed by atoms with E-state index in [1.54, 1.807) is 37.5 Å². The van der Waals surface area contributed by atoms with Gasteiger partial charge in [-0.3, -0.25) is 9.78 Å². The van der Waals surface area contributed by atoms with Crippen LogP contribution in [0.1, 0.15) is 11.4 Å². The van der Waals surface area contributed by atoms with Gasteiger partial charge < -0.3 is 14.8 Å². The summed E-state index contributed by atoms with van der Waals surface area (Å²) < 4.78 is 13.2. The van der Waals surface area contributed by atoms with Crippen LogP contribution in [0.25, 0.3) is 5.69 Å². The molecule has 2 aromatic heterocycles. The summed E-state index contributed by atoms with van der Waals surface area (Å²) in [5, 5.41) is 7.01. The van der Waals surface area contributed by atoms with E-state index in [0.717, 1.165) is 10.2 Å². The standard InChI is InChI=1S/C19H19N5O4/c1-13-22-23(11-18(25)21-8-6-14-3-2-7-20-10-14)19(26)24(13)15-4-5-16-17(9-15)28-12-27-16/h2-5,7,9-10H,6,8,11-12H2,1H3,(H,21,25). The molecule has 0 aliphatic carbocycles. The number of fused-ring (bicyclic) bond motifs is 1. The second kappa shape index (κ2) is 7.55. The second-order valence-corrected chi connectivity index (χ2v) is 6.32. The molecule has 0 fully saturated rings. The molecular weight excluding hydrogens is 362 g/mol. The van der Waals surface area contributed by atoms with E-state index in [4.69, 9.17) is 9.47 Å². The fourth-order valence-electron chi connectivity index (χ4n) is 3.02. The zero-order chi connectivity index (χ0) is 19.5. The van der Waals surface area contributed by atoms with Crippen LogP contribution in [0.4, 0.5) is 0 Å². The Labute approximate surface area is 160 Å². The zero-order valence-corrected chi connectivity index (χ0v) is 15.3. The molecule has 0 saturated carbocycles. The minimum atomic E-state index is -0.390. The van der Waals surface area contributed by atoms with Crippen molar-refractivity contribution in [2.75, 3.05) is 13.3 Å². The van der Waals surface area contributed by atoms with Crippen molar-refractivity contribution in [3.63, 3.8) is 0 Å². The van der Waals surface area contributed by atoms with E-state index in [0.29, 0.717) is 36.0 Å². The topological polar surface area (TPSA) is 100 Å². The number of carbonyl (C=O) groups excluding carboxylic acids is 1. The first-order chi connectivity index (χ1) is 13.6. The number of hydrogen-bond donors (Lipinski definition) is 1. The molecule has 1 amide bonds. The first-order valence-electron chi connectivity index (χ1n) is 8.84. The van der Waals surface area contributed by atoms with Gasteiger partial charge in [-0.05, 0) is 37.1 Å². The van der Waals surface area contributed by atoms with Crippen molar-refractivity contribution in [1.82, 2.24) is 24.6 Å². The lowest BCUT2D eigenvalue weighted by Gasteiger charge is -2.05. The lowest BCUT2D eigenvalue weighted by atomic mass is 10.2. The molecule has 1 N–H and O–H groups in total. The number of benzene rings is 1. The van der Waals surface area contributed by atoms with E-state index in [-0.39, 0.29) is 19.2 Å². The van der Waals surface area contributed by atoms with E-state index >= 15 is 0 Å². The Morgan fingerprint density at radius 2 is 2.11 bits per heavy atom. The van der Waals surface area contributed by atoms with Gasteiger partial charge in [0.2, 0.25) is 12.7 Å². The zero-order valence-electron chi connectivity index (χ0n) is 15.3. The van der Waals surface area contributed by atoms with Gasteiger partial charge in [0.25, 0.3) is 0 Å². The van der Waals surface area contributed by atoms with Gasteiger partial charge in [0.05, 0.1) is 5.69 Å². The number of pyridine rings is 1. The number of rotatable bonds is 6. The lowest BCUT2D eigenvalue weighted by molar-refractivity contribution is -0.121. The number of amides is 1. The fourth-order valence-corrected chi connectivity index (χ4v) is 3.02. The number of nitrogens with zero attached hydrogens (tertiary/aromatic N) is 4. The molecule has 3 aromatic rings. The molecule has 1 aliphatic heterocycles. The monoisotopic (exact) mass is 381 g/mol. The van der Waals surface area contributed by atoms with Crippen LogP contribution in [0.2, 0.25) is 0 Å². The molecule has 1 aromatic carbocycles. The van der Waals surface area contributed by atoms with Gasteiger partial charge in [-0.2, -0.15) is 5.10 Å². The molecule has 0 atom stereocenters. The van der Waals surface area contributed by atoms with Crippen molar-refractivity contribution in [2.24, 2.45) is 0 Å². The Kier molecular flexibility index (Phi) is 4.79. The van der Waals surface area contributed by atoms with Crippen LogP contribution in [0.3, 0.4) is 0 Å². The van der Waals surface area contributed by atoms with Crippen LogP contribution in [0.15, 0.2) is 47.5 Å². The Bertz CT molecular complexity index is 1060. The molecule has 28 heavy (non-hydrogen) atoms. The lowest BCUT2D eigenvalue weighted by Crippen LogP contribution is -2.34. The quantitative estimate of drug-likeness (QED) is 0.679. The molecule has 9 heteroatoms. The summed E-state index contributed by atoms with van der Waals surface area (Å²) in [6.45, 7) is 2.18. The number of ether oxygens (including phenoxy) is 2. The Balaban J connectivity index is 1.44. The third kappa shape index (κ3) is 3.59. The summed E-state index contributed by atoms with van der Waals surface area (Å²) in [5.41, 5.74) is 1.25. The molecule has 0 bridgehead atoms. The van der Waals surface area contributed by atoms with Crippen molar-refractivity contribution in [1.29, 1.82) is 0 Å². The maximum atomic E-state index is 12.7. The van der Waals surface area contributed by atoms with Crippen LogP contribution in [-0.4, -0.2) is 38.6 Å². The number of carbonyl (C=O) groups is 1. The van der Waals surface area contributed by atoms with Crippen molar-refractivity contribution in [2.45, 2.75) is 19.9 Å². The SMILES string of the molecule is Cc1nn(CC(=O)NCCc2cccnc2)c(=O)n1-c1ccc2c(c1)OCO2. The van der Waals surface area contributed by atoms with E-state index in [9.17, 15) is 9.59 Å². The van der Waals surface area contributed by atoms with E-state index in [2.05, 4.69) is 15.4 Å². The highest BCUT2D eigenvalue weighted by molar-refractivity contribution is 5.75. The molecule has 4 rings (SSSR count). The Morgan fingerprint density at radius 1 is 1.25 bits per heavy atom. The van der Waals surface area contributed by atoms with Crippen LogP contribution >= 0.6 is 0 Å². The maximum Gasteiger partial charge on any atom is 0.351 e. The summed E-state index contributed by atoms with van der Waals surface area (Å²) in [6, 6.07) is 9.01. The van der Waals surface area contributed by atoms with E-state index in [1.807, 2.05) is 12.1 Å². The minimum absolute atomic E-state index is 0.149. The molecule has 3 heterocycles. The summed E-state index contributed by atoms with van der Waals surface area (Å²) in [4.78, 5) is 29.0. The number of aromatic nitrogens is 4. The highest BCUT2D eigenvalue weighted by Crippen LogP contribution is 2.33.